The second-order valence-electron chi connectivity index (χ2n) is 7.51. The van der Waals surface area contributed by atoms with Crippen molar-refractivity contribution >= 4 is 22.4 Å². The monoisotopic (exact) mass is 404 g/mol. The van der Waals surface area contributed by atoms with E-state index in [0.29, 0.717) is 12.3 Å². The summed E-state index contributed by atoms with van der Waals surface area (Å²) < 4.78 is 21.7. The van der Waals surface area contributed by atoms with E-state index in [0.717, 1.165) is 46.7 Å². The summed E-state index contributed by atoms with van der Waals surface area (Å²) >= 11 is 0. The first-order valence-corrected chi connectivity index (χ1v) is 9.87. The molecule has 1 aliphatic heterocycles. The minimum atomic E-state index is -0.397. The van der Waals surface area contributed by atoms with Crippen molar-refractivity contribution in [1.29, 1.82) is 0 Å². The van der Waals surface area contributed by atoms with Gasteiger partial charge in [0, 0.05) is 30.4 Å². The fourth-order valence-electron chi connectivity index (χ4n) is 3.61. The van der Waals surface area contributed by atoms with Gasteiger partial charge in [-0.2, -0.15) is 5.10 Å². The van der Waals surface area contributed by atoms with Crippen molar-refractivity contribution in [2.24, 2.45) is 0 Å². The molecule has 1 fully saturated rings. The van der Waals surface area contributed by atoms with Gasteiger partial charge < -0.3 is 10.1 Å². The highest BCUT2D eigenvalue weighted by Gasteiger charge is 2.20. The van der Waals surface area contributed by atoms with Crippen LogP contribution in [0.15, 0.2) is 42.9 Å². The fraction of sp³-hybridized carbons (Fsp3) is 0.273. The van der Waals surface area contributed by atoms with E-state index in [9.17, 15) is 4.39 Å². The van der Waals surface area contributed by atoms with Crippen LogP contribution in [0.5, 0.6) is 0 Å². The van der Waals surface area contributed by atoms with Crippen molar-refractivity contribution in [3.8, 4) is 11.4 Å². The van der Waals surface area contributed by atoms with Crippen LogP contribution in [0, 0.1) is 19.7 Å². The average molecular weight is 404 g/mol. The van der Waals surface area contributed by atoms with Crippen molar-refractivity contribution in [1.82, 2.24) is 24.7 Å². The summed E-state index contributed by atoms with van der Waals surface area (Å²) in [4.78, 5) is 13.1. The third kappa shape index (κ3) is 3.39. The Morgan fingerprint density at radius 2 is 2.07 bits per heavy atom. The average Bonchev–Trinajstić information content (AvgIpc) is 3.41. The molecule has 8 heteroatoms. The zero-order valence-corrected chi connectivity index (χ0v) is 16.8. The molecule has 0 radical (unpaired) electrons. The highest BCUT2D eigenvalue weighted by molar-refractivity contribution is 5.89. The first-order chi connectivity index (χ1) is 14.6. The summed E-state index contributed by atoms with van der Waals surface area (Å²) in [5, 5.41) is 8.18. The number of aryl methyl sites for hydroxylation is 2. The molecular weight excluding hydrogens is 383 g/mol. The lowest BCUT2D eigenvalue weighted by Gasteiger charge is -2.12. The molecule has 5 heterocycles. The SMILES string of the molecule is Cc1ccc(F)c(-c2cc(Nc3ccnc4cn(C5CCOC5)nc34)c(C)cn2)n1. The summed E-state index contributed by atoms with van der Waals surface area (Å²) in [5.41, 5.74) is 5.62. The van der Waals surface area contributed by atoms with Gasteiger partial charge in [-0.15, -0.1) is 0 Å². The number of fused-ring (bicyclic) bond motifs is 1. The Morgan fingerprint density at radius 3 is 2.90 bits per heavy atom. The maximum atomic E-state index is 14.3. The Morgan fingerprint density at radius 1 is 1.17 bits per heavy atom. The van der Waals surface area contributed by atoms with Gasteiger partial charge in [0.15, 0.2) is 5.82 Å². The van der Waals surface area contributed by atoms with Crippen LogP contribution in [-0.4, -0.2) is 37.9 Å². The molecule has 1 saturated heterocycles. The Labute approximate surface area is 173 Å². The van der Waals surface area contributed by atoms with E-state index in [1.54, 1.807) is 18.5 Å². The van der Waals surface area contributed by atoms with Crippen molar-refractivity contribution < 1.29 is 9.13 Å². The number of nitrogens with one attached hydrogen (secondary N) is 1. The summed E-state index contributed by atoms with van der Waals surface area (Å²) in [7, 11) is 0. The minimum Gasteiger partial charge on any atom is -0.379 e. The van der Waals surface area contributed by atoms with E-state index >= 15 is 0 Å². The van der Waals surface area contributed by atoms with Crippen molar-refractivity contribution in [2.45, 2.75) is 26.3 Å². The predicted molar refractivity (Wildman–Crippen MR) is 112 cm³/mol. The third-order valence-electron chi connectivity index (χ3n) is 5.30. The zero-order valence-electron chi connectivity index (χ0n) is 16.8. The predicted octanol–water partition coefficient (Wildman–Crippen LogP) is 4.35. The Balaban J connectivity index is 1.52. The number of anilines is 2. The number of nitrogens with zero attached hydrogens (tertiary/aromatic N) is 5. The summed E-state index contributed by atoms with van der Waals surface area (Å²) in [5.74, 6) is -0.397. The molecule has 0 saturated carbocycles. The van der Waals surface area contributed by atoms with E-state index in [1.807, 2.05) is 36.9 Å². The zero-order chi connectivity index (χ0) is 20.7. The van der Waals surface area contributed by atoms with E-state index < -0.39 is 5.82 Å². The molecule has 0 aromatic carbocycles. The van der Waals surface area contributed by atoms with Gasteiger partial charge in [-0.1, -0.05) is 0 Å². The van der Waals surface area contributed by atoms with Crippen LogP contribution < -0.4 is 5.32 Å². The first-order valence-electron chi connectivity index (χ1n) is 9.87. The summed E-state index contributed by atoms with van der Waals surface area (Å²) in [6.07, 6.45) is 6.37. The molecule has 4 aromatic rings. The van der Waals surface area contributed by atoms with Gasteiger partial charge in [0.2, 0.25) is 0 Å². The number of pyridine rings is 3. The van der Waals surface area contributed by atoms with Crippen LogP contribution in [-0.2, 0) is 4.74 Å². The molecule has 5 rings (SSSR count). The maximum Gasteiger partial charge on any atom is 0.151 e. The molecule has 0 amide bonds. The molecule has 30 heavy (non-hydrogen) atoms. The van der Waals surface area contributed by atoms with Crippen LogP contribution in [0.25, 0.3) is 22.4 Å². The lowest BCUT2D eigenvalue weighted by Crippen LogP contribution is -2.08. The molecule has 1 unspecified atom stereocenters. The third-order valence-corrected chi connectivity index (χ3v) is 5.30. The topological polar surface area (TPSA) is 77.8 Å². The molecule has 4 aromatic heterocycles. The van der Waals surface area contributed by atoms with E-state index in [-0.39, 0.29) is 11.7 Å². The summed E-state index contributed by atoms with van der Waals surface area (Å²) in [6.45, 7) is 5.20. The minimum absolute atomic E-state index is 0.233. The number of aromatic nitrogens is 5. The highest BCUT2D eigenvalue weighted by atomic mass is 19.1. The van der Waals surface area contributed by atoms with Crippen LogP contribution in [0.3, 0.4) is 0 Å². The van der Waals surface area contributed by atoms with Gasteiger partial charge in [-0.05, 0) is 50.1 Å². The van der Waals surface area contributed by atoms with Gasteiger partial charge in [0.1, 0.15) is 16.7 Å². The number of rotatable bonds is 4. The van der Waals surface area contributed by atoms with E-state index in [2.05, 4.69) is 20.3 Å². The standard InChI is InChI=1S/C22H21FN6O/c1-13-10-25-19(21-16(23)4-3-14(2)26-21)9-18(13)27-17-5-7-24-20-11-29(28-22(17)20)15-6-8-30-12-15/h3-5,7,9-11,15H,6,8,12H2,1-2H3,(H,25,27). The second-order valence-corrected chi connectivity index (χ2v) is 7.51. The molecule has 0 bridgehead atoms. The maximum absolute atomic E-state index is 14.3. The van der Waals surface area contributed by atoms with Crippen molar-refractivity contribution in [3.05, 3.63) is 59.9 Å². The van der Waals surface area contributed by atoms with Crippen LogP contribution >= 0.6 is 0 Å². The first kappa shape index (κ1) is 18.6. The molecule has 7 nitrogen and oxygen atoms in total. The number of halogens is 1. The highest BCUT2D eigenvalue weighted by Crippen LogP contribution is 2.30. The summed E-state index contributed by atoms with van der Waals surface area (Å²) in [6, 6.07) is 6.99. The van der Waals surface area contributed by atoms with E-state index in [1.165, 1.54) is 6.07 Å². The number of ether oxygens (including phenoxy) is 1. The van der Waals surface area contributed by atoms with Gasteiger partial charge in [-0.25, -0.2) is 9.37 Å². The van der Waals surface area contributed by atoms with Crippen molar-refractivity contribution in [3.63, 3.8) is 0 Å². The van der Waals surface area contributed by atoms with Gasteiger partial charge in [0.25, 0.3) is 0 Å². The van der Waals surface area contributed by atoms with Gasteiger partial charge >= 0.3 is 0 Å². The van der Waals surface area contributed by atoms with Gasteiger partial charge in [0.05, 0.1) is 30.2 Å². The molecular formula is C22H21FN6O. The molecule has 152 valence electrons. The Bertz CT molecular complexity index is 1230. The Hall–Kier alpha value is -3.39. The molecule has 0 aliphatic carbocycles. The van der Waals surface area contributed by atoms with Crippen LogP contribution in [0.4, 0.5) is 15.8 Å². The molecule has 1 N–H and O–H groups in total. The Kier molecular flexibility index (Phi) is 4.63. The van der Waals surface area contributed by atoms with Crippen LogP contribution in [0.1, 0.15) is 23.7 Å². The molecule has 1 aliphatic rings. The number of hydrogen-bond donors (Lipinski definition) is 1. The largest absolute Gasteiger partial charge is 0.379 e. The normalized spacial score (nSPS) is 16.3. The molecule has 1 atom stereocenters. The number of hydrogen-bond acceptors (Lipinski definition) is 6. The smallest absolute Gasteiger partial charge is 0.151 e. The van der Waals surface area contributed by atoms with E-state index in [4.69, 9.17) is 9.84 Å². The molecule has 0 spiro atoms. The van der Waals surface area contributed by atoms with Crippen molar-refractivity contribution in [2.75, 3.05) is 18.5 Å². The van der Waals surface area contributed by atoms with Gasteiger partial charge in [-0.3, -0.25) is 14.6 Å². The quantitative estimate of drug-likeness (QED) is 0.545. The lowest BCUT2D eigenvalue weighted by molar-refractivity contribution is 0.184. The fourth-order valence-corrected chi connectivity index (χ4v) is 3.61. The lowest BCUT2D eigenvalue weighted by atomic mass is 10.1. The second kappa shape index (κ2) is 7.46. The van der Waals surface area contributed by atoms with Crippen LogP contribution in [0.2, 0.25) is 0 Å².